The number of aliphatic hydroxyl groups is 1. The van der Waals surface area contributed by atoms with E-state index >= 15 is 0 Å². The van der Waals surface area contributed by atoms with Crippen LogP contribution in [0.5, 0.6) is 5.75 Å². The topological polar surface area (TPSA) is 106 Å². The summed E-state index contributed by atoms with van der Waals surface area (Å²) < 4.78 is 45.7. The summed E-state index contributed by atoms with van der Waals surface area (Å²) in [6.07, 6.45) is -0.681. The van der Waals surface area contributed by atoms with E-state index in [-0.39, 0.29) is 37.5 Å². The van der Waals surface area contributed by atoms with Crippen LogP contribution in [0.15, 0.2) is 77.8 Å². The number of carbonyl (C=O) groups is 2. The fraction of sp³-hybridized carbons (Fsp3) is 0.364. The highest BCUT2D eigenvalue weighted by Gasteiger charge is 2.53. The van der Waals surface area contributed by atoms with Crippen molar-refractivity contribution in [3.05, 3.63) is 101 Å². The molecule has 1 heterocycles. The van der Waals surface area contributed by atoms with E-state index in [1.807, 2.05) is 6.07 Å². The Labute approximate surface area is 249 Å². The second kappa shape index (κ2) is 13.8. The van der Waals surface area contributed by atoms with Gasteiger partial charge in [0, 0.05) is 37.1 Å². The van der Waals surface area contributed by atoms with E-state index in [2.05, 4.69) is 5.32 Å². The molecule has 0 saturated heterocycles. The molecule has 4 rings (SSSR count). The van der Waals surface area contributed by atoms with Crippen molar-refractivity contribution in [2.75, 3.05) is 13.2 Å². The zero-order valence-electron chi connectivity index (χ0n) is 24.4. The fourth-order valence-corrected chi connectivity index (χ4v) is 4.69. The van der Waals surface area contributed by atoms with Crippen LogP contribution in [0.2, 0.25) is 0 Å². The van der Waals surface area contributed by atoms with E-state index in [1.165, 1.54) is 0 Å². The largest absolute Gasteiger partial charge is 0.494 e. The van der Waals surface area contributed by atoms with Crippen molar-refractivity contribution < 1.29 is 37.7 Å². The molecule has 43 heavy (non-hydrogen) atoms. The third-order valence-corrected chi connectivity index (χ3v) is 6.71. The number of benzene rings is 3. The Morgan fingerprint density at radius 2 is 1.77 bits per heavy atom. The first kappa shape index (κ1) is 31.6. The van der Waals surface area contributed by atoms with Gasteiger partial charge in [0.15, 0.2) is 11.6 Å². The van der Waals surface area contributed by atoms with Crippen molar-refractivity contribution in [1.82, 2.24) is 5.32 Å². The summed E-state index contributed by atoms with van der Waals surface area (Å²) in [5, 5.41) is 11.7. The highest BCUT2D eigenvalue weighted by Crippen LogP contribution is 2.43. The predicted octanol–water partition coefficient (Wildman–Crippen LogP) is 5.42. The zero-order chi connectivity index (χ0) is 31.0. The normalized spacial score (nSPS) is 18.0. The zero-order valence-corrected chi connectivity index (χ0v) is 24.4. The lowest BCUT2D eigenvalue weighted by Gasteiger charge is -2.31. The molecule has 0 aliphatic carbocycles. The Morgan fingerprint density at radius 3 is 2.44 bits per heavy atom. The number of aliphatic imine (C=N–C) groups is 1. The van der Waals surface area contributed by atoms with Crippen LogP contribution in [0.1, 0.15) is 62.8 Å². The minimum absolute atomic E-state index is 0.0168. The first-order valence-corrected chi connectivity index (χ1v) is 14.1. The van der Waals surface area contributed by atoms with E-state index in [4.69, 9.17) is 24.3 Å². The summed E-state index contributed by atoms with van der Waals surface area (Å²) in [5.74, 6) is -1.69. The minimum Gasteiger partial charge on any atom is -0.494 e. The number of carbonyl (C=O) groups excluding carboxylic acids is 2. The summed E-state index contributed by atoms with van der Waals surface area (Å²) in [4.78, 5) is 31.7. The molecule has 0 fully saturated rings. The molecule has 1 amide bonds. The summed E-state index contributed by atoms with van der Waals surface area (Å²) in [6, 6.07) is 18.9. The number of ether oxygens (including phenoxy) is 3. The van der Waals surface area contributed by atoms with Gasteiger partial charge in [-0.1, -0.05) is 30.3 Å². The Hall–Kier alpha value is -4.31. The van der Waals surface area contributed by atoms with Gasteiger partial charge >= 0.3 is 5.97 Å². The second-order valence-corrected chi connectivity index (χ2v) is 11.2. The Bertz CT molecular complexity index is 1440. The average Bonchev–Trinajstić information content (AvgIpc) is 3.37. The van der Waals surface area contributed by atoms with Crippen molar-refractivity contribution in [2.45, 2.75) is 63.8 Å². The molecule has 10 heteroatoms. The molecule has 3 aromatic carbocycles. The standard InChI is InChI=1S/C33H36F2N2O6/c1-32(2,3)43-28(39)16-17-33(31(40)36-21-24-20-25(34)12-15-27(24)35)29(22-8-5-4-6-9-22)42-30(37-33)23-10-13-26(14-11-23)41-19-7-18-38/h4-6,8-15,20,29,38H,7,16-19,21H2,1-3H3,(H,36,40)/t29-,33-/m1/s1. The van der Waals surface area contributed by atoms with Gasteiger partial charge in [0.05, 0.1) is 6.61 Å². The van der Waals surface area contributed by atoms with Crippen LogP contribution in [0.3, 0.4) is 0 Å². The number of nitrogens with zero attached hydrogens (tertiary/aromatic N) is 1. The molecule has 0 unspecified atom stereocenters. The highest BCUT2D eigenvalue weighted by molar-refractivity contribution is 6.01. The van der Waals surface area contributed by atoms with Crippen LogP contribution in [-0.4, -0.2) is 47.2 Å². The molecule has 0 radical (unpaired) electrons. The van der Waals surface area contributed by atoms with Gasteiger partial charge in [-0.2, -0.15) is 0 Å². The number of hydrogen-bond donors (Lipinski definition) is 2. The third-order valence-electron chi connectivity index (χ3n) is 6.71. The Balaban J connectivity index is 1.71. The van der Waals surface area contributed by atoms with Crippen LogP contribution >= 0.6 is 0 Å². The number of esters is 1. The maximum atomic E-state index is 14.4. The van der Waals surface area contributed by atoms with Gasteiger partial charge in [-0.3, -0.25) is 9.59 Å². The Kier molecular flexibility index (Phi) is 10.1. The van der Waals surface area contributed by atoms with E-state index in [9.17, 15) is 18.4 Å². The molecule has 0 aromatic heterocycles. The van der Waals surface area contributed by atoms with Gasteiger partial charge in [0.1, 0.15) is 23.0 Å². The molecule has 0 bridgehead atoms. The van der Waals surface area contributed by atoms with Crippen LogP contribution in [0.4, 0.5) is 8.78 Å². The van der Waals surface area contributed by atoms with Gasteiger partial charge in [0.25, 0.3) is 5.91 Å². The smallest absolute Gasteiger partial charge is 0.306 e. The van der Waals surface area contributed by atoms with Gasteiger partial charge in [-0.15, -0.1) is 0 Å². The number of halogens is 2. The lowest BCUT2D eigenvalue weighted by atomic mass is 9.83. The molecule has 3 aromatic rings. The van der Waals surface area contributed by atoms with Crippen LogP contribution < -0.4 is 10.1 Å². The Morgan fingerprint density at radius 1 is 1.05 bits per heavy atom. The first-order valence-electron chi connectivity index (χ1n) is 14.1. The van der Waals surface area contributed by atoms with Crippen molar-refractivity contribution in [1.29, 1.82) is 0 Å². The summed E-state index contributed by atoms with van der Waals surface area (Å²) >= 11 is 0. The molecule has 1 aliphatic heterocycles. The summed E-state index contributed by atoms with van der Waals surface area (Å²) in [7, 11) is 0. The van der Waals surface area contributed by atoms with Crippen LogP contribution in [0.25, 0.3) is 0 Å². The van der Waals surface area contributed by atoms with Gasteiger partial charge in [0.2, 0.25) is 5.90 Å². The molecule has 1 aliphatic rings. The molecule has 2 atom stereocenters. The molecule has 8 nitrogen and oxygen atoms in total. The minimum atomic E-state index is -1.65. The monoisotopic (exact) mass is 594 g/mol. The number of nitrogens with one attached hydrogen (secondary N) is 1. The van der Waals surface area contributed by atoms with Crippen molar-refractivity contribution in [3.8, 4) is 5.75 Å². The van der Waals surface area contributed by atoms with E-state index in [0.29, 0.717) is 29.9 Å². The van der Waals surface area contributed by atoms with Gasteiger partial charge < -0.3 is 24.6 Å². The number of hydrogen-bond acceptors (Lipinski definition) is 7. The summed E-state index contributed by atoms with van der Waals surface area (Å²) in [6.45, 7) is 5.31. The van der Waals surface area contributed by atoms with Crippen molar-refractivity contribution in [3.63, 3.8) is 0 Å². The average molecular weight is 595 g/mol. The quantitative estimate of drug-likeness (QED) is 0.214. The SMILES string of the molecule is CC(C)(C)OC(=O)CC[C@@]1(C(=O)NCc2cc(F)ccc2F)N=C(c2ccc(OCCCO)cc2)O[C@@H]1c1ccccc1. The van der Waals surface area contributed by atoms with E-state index < -0.39 is 40.8 Å². The molecular formula is C33H36F2N2O6. The predicted molar refractivity (Wildman–Crippen MR) is 156 cm³/mol. The maximum absolute atomic E-state index is 14.4. The summed E-state index contributed by atoms with van der Waals surface area (Å²) in [5.41, 5.74) is -1.21. The maximum Gasteiger partial charge on any atom is 0.306 e. The number of amides is 1. The number of aliphatic hydroxyl groups excluding tert-OH is 1. The first-order chi connectivity index (χ1) is 20.5. The van der Waals surface area contributed by atoms with E-state index in [1.54, 1.807) is 69.3 Å². The van der Waals surface area contributed by atoms with E-state index in [0.717, 1.165) is 18.2 Å². The molecule has 0 saturated carbocycles. The molecule has 228 valence electrons. The van der Waals surface area contributed by atoms with Gasteiger partial charge in [-0.05, 0) is 75.2 Å². The third kappa shape index (κ3) is 8.16. The van der Waals surface area contributed by atoms with Crippen molar-refractivity contribution >= 4 is 17.8 Å². The lowest BCUT2D eigenvalue weighted by Crippen LogP contribution is -2.48. The van der Waals surface area contributed by atoms with Crippen molar-refractivity contribution in [2.24, 2.45) is 4.99 Å². The fourth-order valence-electron chi connectivity index (χ4n) is 4.69. The molecular weight excluding hydrogens is 558 g/mol. The van der Waals surface area contributed by atoms with Crippen LogP contribution in [-0.2, 0) is 25.6 Å². The lowest BCUT2D eigenvalue weighted by molar-refractivity contribution is -0.155. The highest BCUT2D eigenvalue weighted by atomic mass is 19.1. The van der Waals surface area contributed by atoms with Gasteiger partial charge in [-0.25, -0.2) is 13.8 Å². The number of rotatable bonds is 12. The second-order valence-electron chi connectivity index (χ2n) is 11.2. The van der Waals surface area contributed by atoms with Crippen LogP contribution in [0, 0.1) is 11.6 Å². The molecule has 0 spiro atoms. The molecule has 2 N–H and O–H groups in total.